The van der Waals surface area contributed by atoms with E-state index < -0.39 is 0 Å². The zero-order valence-corrected chi connectivity index (χ0v) is 12.1. The predicted octanol–water partition coefficient (Wildman–Crippen LogP) is 1.69. The van der Waals surface area contributed by atoms with Crippen molar-refractivity contribution >= 4 is 17.8 Å². The topological polar surface area (TPSA) is 93.1 Å². The lowest BCUT2D eigenvalue weighted by atomic mass is 10.2. The van der Waals surface area contributed by atoms with E-state index in [-0.39, 0.29) is 12.0 Å². The first kappa shape index (κ1) is 13.7. The van der Waals surface area contributed by atoms with Gasteiger partial charge in [0.15, 0.2) is 0 Å². The molecule has 1 saturated heterocycles. The number of nitrogen functional groups attached to an aromatic ring is 1. The van der Waals surface area contributed by atoms with Gasteiger partial charge in [0.1, 0.15) is 5.76 Å². The second-order valence-electron chi connectivity index (χ2n) is 5.34. The van der Waals surface area contributed by atoms with Crippen LogP contribution in [0, 0.1) is 0 Å². The van der Waals surface area contributed by atoms with Crippen LogP contribution in [0.1, 0.15) is 25.5 Å². The van der Waals surface area contributed by atoms with Crippen molar-refractivity contribution in [2.45, 2.75) is 32.2 Å². The molecule has 2 aromatic heterocycles. The molecule has 0 aliphatic carbocycles. The molecule has 0 bridgehead atoms. The highest BCUT2D eigenvalue weighted by molar-refractivity contribution is 5.42. The molecule has 3 rings (SSSR count). The molecule has 0 spiro atoms. The predicted molar refractivity (Wildman–Crippen MR) is 81.2 cm³/mol. The number of aromatic nitrogens is 3. The lowest BCUT2D eigenvalue weighted by Crippen LogP contribution is -2.24. The maximum absolute atomic E-state index is 5.79. The summed E-state index contributed by atoms with van der Waals surface area (Å²) in [6.45, 7) is 4.01. The minimum absolute atomic E-state index is 0.143. The molecule has 3 heterocycles. The van der Waals surface area contributed by atoms with Gasteiger partial charge in [0.05, 0.1) is 6.26 Å². The molecule has 112 valence electrons. The van der Waals surface area contributed by atoms with E-state index in [0.717, 1.165) is 25.3 Å². The fourth-order valence-corrected chi connectivity index (χ4v) is 2.51. The largest absolute Gasteiger partial charge is 0.469 e. The summed E-state index contributed by atoms with van der Waals surface area (Å²) >= 11 is 0. The van der Waals surface area contributed by atoms with Crippen molar-refractivity contribution in [1.29, 1.82) is 0 Å². The van der Waals surface area contributed by atoms with Crippen LogP contribution in [0.25, 0.3) is 0 Å². The van der Waals surface area contributed by atoms with Crippen molar-refractivity contribution in [3.8, 4) is 0 Å². The summed E-state index contributed by atoms with van der Waals surface area (Å²) in [6, 6.07) is 3.98. The van der Waals surface area contributed by atoms with Crippen molar-refractivity contribution in [2.24, 2.45) is 0 Å². The number of anilines is 3. The van der Waals surface area contributed by atoms with Crippen LogP contribution in [0.2, 0.25) is 0 Å². The number of hydrogen-bond acceptors (Lipinski definition) is 7. The third-order valence-electron chi connectivity index (χ3n) is 3.49. The van der Waals surface area contributed by atoms with E-state index >= 15 is 0 Å². The number of furan rings is 1. The van der Waals surface area contributed by atoms with Gasteiger partial charge in [-0.05, 0) is 31.9 Å². The van der Waals surface area contributed by atoms with Crippen molar-refractivity contribution in [3.05, 3.63) is 24.2 Å². The van der Waals surface area contributed by atoms with Gasteiger partial charge in [0.2, 0.25) is 17.8 Å². The Balaban J connectivity index is 1.69. The molecule has 1 fully saturated rings. The molecular formula is C14H20N6O. The van der Waals surface area contributed by atoms with E-state index in [2.05, 4.69) is 32.1 Å². The van der Waals surface area contributed by atoms with E-state index in [9.17, 15) is 0 Å². The van der Waals surface area contributed by atoms with Crippen LogP contribution in [0.5, 0.6) is 0 Å². The molecule has 7 nitrogen and oxygen atoms in total. The van der Waals surface area contributed by atoms with Gasteiger partial charge in [-0.1, -0.05) is 0 Å². The van der Waals surface area contributed by atoms with Gasteiger partial charge in [0, 0.05) is 25.6 Å². The molecule has 0 radical (unpaired) electrons. The highest BCUT2D eigenvalue weighted by Crippen LogP contribution is 2.18. The lowest BCUT2D eigenvalue weighted by molar-refractivity contribution is 0.497. The van der Waals surface area contributed by atoms with Gasteiger partial charge >= 0.3 is 0 Å². The molecule has 7 heteroatoms. The summed E-state index contributed by atoms with van der Waals surface area (Å²) < 4.78 is 5.34. The minimum Gasteiger partial charge on any atom is -0.469 e. The molecule has 0 saturated carbocycles. The van der Waals surface area contributed by atoms with E-state index in [1.807, 2.05) is 12.1 Å². The van der Waals surface area contributed by atoms with Crippen molar-refractivity contribution in [3.63, 3.8) is 0 Å². The molecule has 1 unspecified atom stereocenters. The second-order valence-corrected chi connectivity index (χ2v) is 5.34. The van der Waals surface area contributed by atoms with Crippen LogP contribution in [-0.2, 0) is 6.42 Å². The minimum atomic E-state index is 0.143. The van der Waals surface area contributed by atoms with Crippen molar-refractivity contribution < 1.29 is 4.42 Å². The van der Waals surface area contributed by atoms with Gasteiger partial charge < -0.3 is 20.4 Å². The third-order valence-corrected chi connectivity index (χ3v) is 3.49. The molecular weight excluding hydrogens is 268 g/mol. The lowest BCUT2D eigenvalue weighted by Gasteiger charge is -2.17. The Morgan fingerprint density at radius 3 is 2.86 bits per heavy atom. The van der Waals surface area contributed by atoms with Crippen LogP contribution in [0.4, 0.5) is 17.8 Å². The first-order valence-corrected chi connectivity index (χ1v) is 7.26. The number of nitrogens with two attached hydrogens (primary N) is 1. The molecule has 1 atom stereocenters. The average Bonchev–Trinajstić information content (AvgIpc) is 3.10. The van der Waals surface area contributed by atoms with Crippen LogP contribution in [0.15, 0.2) is 22.8 Å². The maximum Gasteiger partial charge on any atom is 0.231 e. The Labute approximate surface area is 123 Å². The normalized spacial score (nSPS) is 16.1. The number of nitrogens with one attached hydrogen (secondary N) is 1. The summed E-state index contributed by atoms with van der Waals surface area (Å²) in [6.07, 6.45) is 4.78. The summed E-state index contributed by atoms with van der Waals surface area (Å²) in [5, 5.41) is 3.26. The fraction of sp³-hybridized carbons (Fsp3) is 0.500. The summed E-state index contributed by atoms with van der Waals surface area (Å²) in [4.78, 5) is 15.0. The Kier molecular flexibility index (Phi) is 3.89. The quantitative estimate of drug-likeness (QED) is 0.864. The zero-order valence-electron chi connectivity index (χ0n) is 12.1. The van der Waals surface area contributed by atoms with Crippen LogP contribution in [0.3, 0.4) is 0 Å². The SMILES string of the molecule is CC(Cc1ccco1)Nc1nc(N)nc(N2CCCC2)n1. The Hall–Kier alpha value is -2.31. The molecule has 0 aromatic carbocycles. The van der Waals surface area contributed by atoms with Gasteiger partial charge in [-0.25, -0.2) is 0 Å². The van der Waals surface area contributed by atoms with Crippen molar-refractivity contribution in [1.82, 2.24) is 15.0 Å². The van der Waals surface area contributed by atoms with Crippen LogP contribution < -0.4 is 16.0 Å². The second kappa shape index (κ2) is 5.99. The number of rotatable bonds is 5. The third kappa shape index (κ3) is 3.42. The van der Waals surface area contributed by atoms with E-state index in [0.29, 0.717) is 11.9 Å². The highest BCUT2D eigenvalue weighted by Gasteiger charge is 2.17. The molecule has 3 N–H and O–H groups in total. The monoisotopic (exact) mass is 288 g/mol. The molecule has 21 heavy (non-hydrogen) atoms. The maximum atomic E-state index is 5.79. The van der Waals surface area contributed by atoms with E-state index in [1.165, 1.54) is 12.8 Å². The fourth-order valence-electron chi connectivity index (χ4n) is 2.51. The molecule has 0 amide bonds. The highest BCUT2D eigenvalue weighted by atomic mass is 16.3. The smallest absolute Gasteiger partial charge is 0.231 e. The molecule has 2 aromatic rings. The molecule has 1 aliphatic rings. The summed E-state index contributed by atoms with van der Waals surface area (Å²) in [5.74, 6) is 2.35. The van der Waals surface area contributed by atoms with Crippen molar-refractivity contribution in [2.75, 3.05) is 29.0 Å². The van der Waals surface area contributed by atoms with Gasteiger partial charge in [-0.3, -0.25) is 0 Å². The average molecular weight is 288 g/mol. The Bertz CT molecular complexity index is 579. The summed E-state index contributed by atoms with van der Waals surface area (Å²) in [7, 11) is 0. The van der Waals surface area contributed by atoms with Gasteiger partial charge in [-0.2, -0.15) is 15.0 Å². The summed E-state index contributed by atoms with van der Waals surface area (Å²) in [5.41, 5.74) is 5.79. The Morgan fingerprint density at radius 1 is 1.33 bits per heavy atom. The number of nitrogens with zero attached hydrogens (tertiary/aromatic N) is 4. The first-order chi connectivity index (χ1) is 10.2. The van der Waals surface area contributed by atoms with E-state index in [4.69, 9.17) is 10.2 Å². The zero-order chi connectivity index (χ0) is 14.7. The molecule has 1 aliphatic heterocycles. The number of hydrogen-bond donors (Lipinski definition) is 2. The Morgan fingerprint density at radius 2 is 2.14 bits per heavy atom. The van der Waals surface area contributed by atoms with Gasteiger partial charge in [-0.15, -0.1) is 0 Å². The van der Waals surface area contributed by atoms with Crippen LogP contribution >= 0.6 is 0 Å². The van der Waals surface area contributed by atoms with Gasteiger partial charge in [0.25, 0.3) is 0 Å². The standard InChI is InChI=1S/C14H20N6O/c1-10(9-11-5-4-8-21-11)16-13-17-12(15)18-14(19-13)20-6-2-3-7-20/h4-5,8,10H,2-3,6-7,9H2,1H3,(H3,15,16,17,18,19). The van der Waals surface area contributed by atoms with Crippen LogP contribution in [-0.4, -0.2) is 34.1 Å². The first-order valence-electron chi connectivity index (χ1n) is 7.26. The van der Waals surface area contributed by atoms with E-state index in [1.54, 1.807) is 6.26 Å².